The molecule has 1 rings (SSSR count). The Morgan fingerprint density at radius 1 is 1.21 bits per heavy atom. The Hall–Kier alpha value is -1.47. The molecule has 0 aliphatic rings. The number of hydrogen-bond donors (Lipinski definition) is 0. The minimum absolute atomic E-state index is 0.0166. The molecule has 0 heterocycles. The van der Waals surface area contributed by atoms with Gasteiger partial charge in [0.15, 0.2) is 0 Å². The van der Waals surface area contributed by atoms with Crippen molar-refractivity contribution < 1.29 is 13.3 Å². The molecule has 0 saturated carbocycles. The first kappa shape index (κ1) is 15.6. The van der Waals surface area contributed by atoms with Crippen molar-refractivity contribution in [2.75, 3.05) is 13.1 Å². The molecule has 0 aliphatic heterocycles. The third-order valence-corrected chi connectivity index (χ3v) is 5.31. The van der Waals surface area contributed by atoms with Crippen molar-refractivity contribution >= 4 is 15.7 Å². The second-order valence-corrected chi connectivity index (χ2v) is 6.14. The molecule has 0 aromatic heterocycles. The summed E-state index contributed by atoms with van der Waals surface area (Å²) in [6, 6.07) is 2.52. The lowest BCUT2D eigenvalue weighted by molar-refractivity contribution is -0.385. The molecule has 0 unspecified atom stereocenters. The number of rotatable bonds is 5. The lowest BCUT2D eigenvalue weighted by Gasteiger charge is -2.20. The Bertz CT molecular complexity index is 592. The average molecular weight is 286 g/mol. The molecule has 6 nitrogen and oxygen atoms in total. The monoisotopic (exact) mass is 286 g/mol. The lowest BCUT2D eigenvalue weighted by atomic mass is 10.1. The summed E-state index contributed by atoms with van der Waals surface area (Å²) in [4.78, 5) is 10.3. The fourth-order valence-electron chi connectivity index (χ4n) is 1.88. The predicted molar refractivity (Wildman–Crippen MR) is 72.7 cm³/mol. The van der Waals surface area contributed by atoms with E-state index in [1.807, 2.05) is 0 Å². The van der Waals surface area contributed by atoms with Gasteiger partial charge >= 0.3 is 0 Å². The minimum atomic E-state index is -3.68. The van der Waals surface area contributed by atoms with E-state index in [0.717, 1.165) is 6.07 Å². The highest BCUT2D eigenvalue weighted by molar-refractivity contribution is 7.89. The standard InChI is InChI=1S/C12H18N2O4S/c1-5-13(6-2)19(17,18)12-8-11(14(15)16)7-9(3)10(12)4/h7-8H,5-6H2,1-4H3. The van der Waals surface area contributed by atoms with Crippen molar-refractivity contribution in [1.82, 2.24) is 4.31 Å². The quantitative estimate of drug-likeness (QED) is 0.614. The van der Waals surface area contributed by atoms with Crippen LogP contribution in [0.5, 0.6) is 0 Å². The van der Waals surface area contributed by atoms with Gasteiger partial charge in [0.1, 0.15) is 0 Å². The summed E-state index contributed by atoms with van der Waals surface area (Å²) in [6.07, 6.45) is 0. The van der Waals surface area contributed by atoms with Gasteiger partial charge in [0.2, 0.25) is 10.0 Å². The SMILES string of the molecule is CCN(CC)S(=O)(=O)c1cc([N+](=O)[O-])cc(C)c1C. The van der Waals surface area contributed by atoms with Crippen molar-refractivity contribution in [2.45, 2.75) is 32.6 Å². The molecular weight excluding hydrogens is 268 g/mol. The van der Waals surface area contributed by atoms with Crippen LogP contribution in [0.4, 0.5) is 5.69 Å². The van der Waals surface area contributed by atoms with Crippen LogP contribution in [0.2, 0.25) is 0 Å². The zero-order valence-electron chi connectivity index (χ0n) is 11.5. The largest absolute Gasteiger partial charge is 0.271 e. The van der Waals surface area contributed by atoms with E-state index in [4.69, 9.17) is 0 Å². The Morgan fingerprint density at radius 2 is 1.74 bits per heavy atom. The van der Waals surface area contributed by atoms with Crippen molar-refractivity contribution in [2.24, 2.45) is 0 Å². The molecule has 0 N–H and O–H groups in total. The van der Waals surface area contributed by atoms with E-state index in [1.165, 1.54) is 10.4 Å². The number of benzene rings is 1. The molecule has 7 heteroatoms. The third kappa shape index (κ3) is 2.93. The molecule has 0 spiro atoms. The second kappa shape index (κ2) is 5.66. The highest BCUT2D eigenvalue weighted by Gasteiger charge is 2.26. The lowest BCUT2D eigenvalue weighted by Crippen LogP contribution is -2.31. The van der Waals surface area contributed by atoms with Crippen LogP contribution < -0.4 is 0 Å². The summed E-state index contributed by atoms with van der Waals surface area (Å²) in [6.45, 7) is 7.47. The smallest absolute Gasteiger partial charge is 0.258 e. The number of sulfonamides is 1. The van der Waals surface area contributed by atoms with Gasteiger partial charge in [-0.05, 0) is 25.0 Å². The van der Waals surface area contributed by atoms with Gasteiger partial charge in [0, 0.05) is 25.2 Å². The van der Waals surface area contributed by atoms with Gasteiger partial charge in [0.25, 0.3) is 5.69 Å². The molecule has 0 saturated heterocycles. The van der Waals surface area contributed by atoms with Crippen molar-refractivity contribution in [3.8, 4) is 0 Å². The molecule has 0 amide bonds. The van der Waals surface area contributed by atoms with Crippen LogP contribution in [0.3, 0.4) is 0 Å². The molecule has 0 aliphatic carbocycles. The number of nitro benzene ring substituents is 1. The van der Waals surface area contributed by atoms with E-state index in [9.17, 15) is 18.5 Å². The van der Waals surface area contributed by atoms with E-state index in [2.05, 4.69) is 0 Å². The zero-order chi connectivity index (χ0) is 14.8. The Balaban J connectivity index is 3.54. The molecule has 106 valence electrons. The van der Waals surface area contributed by atoms with Crippen LogP contribution in [0.1, 0.15) is 25.0 Å². The highest BCUT2D eigenvalue weighted by atomic mass is 32.2. The Kier molecular flexibility index (Phi) is 4.65. The number of nitrogens with zero attached hydrogens (tertiary/aromatic N) is 2. The van der Waals surface area contributed by atoms with Gasteiger partial charge in [-0.15, -0.1) is 0 Å². The van der Waals surface area contributed by atoms with E-state index in [1.54, 1.807) is 27.7 Å². The summed E-state index contributed by atoms with van der Waals surface area (Å²) in [5.74, 6) is 0. The van der Waals surface area contributed by atoms with E-state index >= 15 is 0 Å². The van der Waals surface area contributed by atoms with E-state index in [0.29, 0.717) is 24.2 Å². The zero-order valence-corrected chi connectivity index (χ0v) is 12.3. The van der Waals surface area contributed by atoms with Crippen LogP contribution >= 0.6 is 0 Å². The first-order chi connectivity index (χ1) is 8.75. The fraction of sp³-hybridized carbons (Fsp3) is 0.500. The predicted octanol–water partition coefficient (Wildman–Crippen LogP) is 2.24. The summed E-state index contributed by atoms with van der Waals surface area (Å²) in [7, 11) is -3.68. The van der Waals surface area contributed by atoms with Crippen LogP contribution in [0.15, 0.2) is 17.0 Å². The van der Waals surface area contributed by atoms with Gasteiger partial charge in [-0.3, -0.25) is 10.1 Å². The Morgan fingerprint density at radius 3 is 2.16 bits per heavy atom. The van der Waals surface area contributed by atoms with E-state index in [-0.39, 0.29) is 10.6 Å². The molecule has 0 fully saturated rings. The Labute approximate surface area is 113 Å². The number of nitro groups is 1. The van der Waals surface area contributed by atoms with Crippen LogP contribution in [0, 0.1) is 24.0 Å². The van der Waals surface area contributed by atoms with Crippen LogP contribution in [-0.2, 0) is 10.0 Å². The summed E-state index contributed by atoms with van der Waals surface area (Å²) in [5.41, 5.74) is 0.950. The third-order valence-electron chi connectivity index (χ3n) is 3.14. The summed E-state index contributed by atoms with van der Waals surface area (Å²) >= 11 is 0. The van der Waals surface area contributed by atoms with Gasteiger partial charge in [-0.1, -0.05) is 13.8 Å². The number of non-ortho nitro benzene ring substituents is 1. The maximum Gasteiger partial charge on any atom is 0.271 e. The maximum atomic E-state index is 12.4. The van der Waals surface area contributed by atoms with Gasteiger partial charge in [0.05, 0.1) is 9.82 Å². The molecule has 0 atom stereocenters. The topological polar surface area (TPSA) is 80.5 Å². The van der Waals surface area contributed by atoms with Crippen molar-refractivity contribution in [1.29, 1.82) is 0 Å². The molecule has 0 radical (unpaired) electrons. The maximum absolute atomic E-state index is 12.4. The average Bonchev–Trinajstić information content (AvgIpc) is 2.33. The normalized spacial score (nSPS) is 11.8. The number of hydrogen-bond acceptors (Lipinski definition) is 4. The minimum Gasteiger partial charge on any atom is -0.258 e. The molecular formula is C12H18N2O4S. The highest BCUT2D eigenvalue weighted by Crippen LogP contribution is 2.27. The molecule has 19 heavy (non-hydrogen) atoms. The van der Waals surface area contributed by atoms with Gasteiger partial charge in [-0.2, -0.15) is 4.31 Å². The van der Waals surface area contributed by atoms with Crippen LogP contribution in [-0.4, -0.2) is 30.7 Å². The molecule has 1 aromatic rings. The van der Waals surface area contributed by atoms with E-state index < -0.39 is 14.9 Å². The summed E-state index contributed by atoms with van der Waals surface area (Å²) in [5, 5.41) is 10.8. The molecule has 1 aromatic carbocycles. The number of aryl methyl sites for hydroxylation is 1. The van der Waals surface area contributed by atoms with Gasteiger partial charge < -0.3 is 0 Å². The second-order valence-electron chi connectivity index (χ2n) is 4.23. The van der Waals surface area contributed by atoms with Crippen molar-refractivity contribution in [3.63, 3.8) is 0 Å². The first-order valence-corrected chi connectivity index (χ1v) is 7.45. The molecule has 0 bridgehead atoms. The van der Waals surface area contributed by atoms with Crippen LogP contribution in [0.25, 0.3) is 0 Å². The van der Waals surface area contributed by atoms with Gasteiger partial charge in [-0.25, -0.2) is 8.42 Å². The first-order valence-electron chi connectivity index (χ1n) is 6.01. The fourth-order valence-corrected chi connectivity index (χ4v) is 3.66. The van der Waals surface area contributed by atoms with Crippen molar-refractivity contribution in [3.05, 3.63) is 33.4 Å². The summed E-state index contributed by atoms with van der Waals surface area (Å²) < 4.78 is 26.2.